The minimum absolute atomic E-state index is 0.0423. The lowest BCUT2D eigenvalue weighted by Crippen LogP contribution is -2.27. The van der Waals surface area contributed by atoms with E-state index in [-0.39, 0.29) is 17.0 Å². The van der Waals surface area contributed by atoms with Crippen LogP contribution < -0.4 is 0 Å². The lowest BCUT2D eigenvalue weighted by molar-refractivity contribution is 0.466. The number of hydrogen-bond acceptors (Lipinski definition) is 4. The first-order valence-electron chi connectivity index (χ1n) is 6.57. The van der Waals surface area contributed by atoms with E-state index in [4.69, 9.17) is 5.26 Å². The van der Waals surface area contributed by atoms with Crippen molar-refractivity contribution in [2.75, 3.05) is 13.3 Å². The lowest BCUT2D eigenvalue weighted by Gasteiger charge is -2.18. The second-order valence-corrected chi connectivity index (χ2v) is 7.61. The van der Waals surface area contributed by atoms with Crippen LogP contribution in [0.2, 0.25) is 0 Å². The summed E-state index contributed by atoms with van der Waals surface area (Å²) in [6.07, 6.45) is 1.99. The van der Waals surface area contributed by atoms with Gasteiger partial charge in [0, 0.05) is 18.5 Å². The van der Waals surface area contributed by atoms with Gasteiger partial charge in [0.1, 0.15) is 6.07 Å². The van der Waals surface area contributed by atoms with Gasteiger partial charge in [0.25, 0.3) is 0 Å². The predicted octanol–water partition coefficient (Wildman–Crippen LogP) is 3.10. The first kappa shape index (κ1) is 16.6. The zero-order valence-electron chi connectivity index (χ0n) is 12.4. The van der Waals surface area contributed by atoms with Gasteiger partial charge in [-0.25, -0.2) is 8.42 Å². The molecule has 0 spiro atoms. The molecule has 0 heterocycles. The fourth-order valence-electron chi connectivity index (χ4n) is 2.02. The van der Waals surface area contributed by atoms with Gasteiger partial charge in [-0.3, -0.25) is 0 Å². The highest BCUT2D eigenvalue weighted by molar-refractivity contribution is 7.98. The first-order valence-corrected chi connectivity index (χ1v) is 9.24. The SMILES string of the molecule is CSc1ccc(CN(C)S(=O)(=O)c2ccccc2C#N)cc1. The number of hydrogen-bond donors (Lipinski definition) is 0. The minimum Gasteiger partial charge on any atom is -0.207 e. The van der Waals surface area contributed by atoms with E-state index in [9.17, 15) is 8.42 Å². The maximum absolute atomic E-state index is 12.6. The molecular formula is C16H16N2O2S2. The molecule has 0 bridgehead atoms. The van der Waals surface area contributed by atoms with Crippen molar-refractivity contribution in [2.45, 2.75) is 16.3 Å². The molecule has 114 valence electrons. The van der Waals surface area contributed by atoms with Gasteiger partial charge in [-0.05, 0) is 36.1 Å². The van der Waals surface area contributed by atoms with E-state index in [0.29, 0.717) is 0 Å². The molecule has 2 aromatic rings. The molecule has 0 unspecified atom stereocenters. The minimum atomic E-state index is -3.69. The Morgan fingerprint density at radius 1 is 1.14 bits per heavy atom. The van der Waals surface area contributed by atoms with Crippen LogP contribution in [0.1, 0.15) is 11.1 Å². The number of thioether (sulfide) groups is 1. The van der Waals surface area contributed by atoms with Crippen molar-refractivity contribution in [3.05, 3.63) is 59.7 Å². The summed E-state index contributed by atoms with van der Waals surface area (Å²) in [5.41, 5.74) is 1.06. The van der Waals surface area contributed by atoms with Gasteiger partial charge in [-0.2, -0.15) is 9.57 Å². The Bertz CT molecular complexity index is 794. The smallest absolute Gasteiger partial charge is 0.207 e. The molecule has 0 atom stereocenters. The van der Waals surface area contributed by atoms with Crippen LogP contribution in [0.15, 0.2) is 58.3 Å². The van der Waals surface area contributed by atoms with Crippen LogP contribution in [0.5, 0.6) is 0 Å². The summed E-state index contributed by atoms with van der Waals surface area (Å²) in [5.74, 6) is 0. The Morgan fingerprint density at radius 2 is 1.77 bits per heavy atom. The van der Waals surface area contributed by atoms with Gasteiger partial charge >= 0.3 is 0 Å². The van der Waals surface area contributed by atoms with E-state index in [1.807, 2.05) is 36.6 Å². The molecule has 2 rings (SSSR count). The summed E-state index contributed by atoms with van der Waals surface area (Å²) in [6.45, 7) is 0.261. The highest BCUT2D eigenvalue weighted by Gasteiger charge is 2.23. The standard InChI is InChI=1S/C16H16N2O2S2/c1-18(12-13-7-9-15(21-2)10-8-13)22(19,20)16-6-4-3-5-14(16)11-17/h3-10H,12H2,1-2H3. The van der Waals surface area contributed by atoms with Gasteiger partial charge in [0.2, 0.25) is 10.0 Å². The predicted molar refractivity (Wildman–Crippen MR) is 88.0 cm³/mol. The summed E-state index contributed by atoms with van der Waals surface area (Å²) < 4.78 is 26.5. The van der Waals surface area contributed by atoms with Crippen LogP contribution in [0.4, 0.5) is 0 Å². The number of nitriles is 1. The highest BCUT2D eigenvalue weighted by atomic mass is 32.2. The third-order valence-electron chi connectivity index (χ3n) is 3.26. The molecule has 0 aliphatic heterocycles. The van der Waals surface area contributed by atoms with Crippen LogP contribution >= 0.6 is 11.8 Å². The first-order chi connectivity index (χ1) is 10.5. The van der Waals surface area contributed by atoms with Crippen LogP contribution in [-0.4, -0.2) is 26.0 Å². The van der Waals surface area contributed by atoms with Crippen LogP contribution in [-0.2, 0) is 16.6 Å². The molecule has 0 aliphatic carbocycles. The van der Waals surface area contributed by atoms with Gasteiger partial charge < -0.3 is 0 Å². The Hall–Kier alpha value is -1.81. The average molecular weight is 332 g/mol. The van der Waals surface area contributed by atoms with E-state index < -0.39 is 10.0 Å². The molecule has 0 aromatic heterocycles. The molecule has 0 N–H and O–H groups in total. The molecule has 0 radical (unpaired) electrons. The van der Waals surface area contributed by atoms with Crippen LogP contribution in [0, 0.1) is 11.3 Å². The second kappa shape index (κ2) is 6.97. The third-order valence-corrected chi connectivity index (χ3v) is 5.87. The fraction of sp³-hybridized carbons (Fsp3) is 0.188. The van der Waals surface area contributed by atoms with Gasteiger partial charge in [-0.15, -0.1) is 11.8 Å². The van der Waals surface area contributed by atoms with Gasteiger partial charge in [0.05, 0.1) is 10.5 Å². The molecule has 2 aromatic carbocycles. The fourth-order valence-corrected chi connectivity index (χ4v) is 3.73. The lowest BCUT2D eigenvalue weighted by atomic mass is 10.2. The maximum Gasteiger partial charge on any atom is 0.244 e. The van der Waals surface area contributed by atoms with Crippen molar-refractivity contribution in [1.29, 1.82) is 5.26 Å². The Morgan fingerprint density at radius 3 is 2.36 bits per heavy atom. The highest BCUT2D eigenvalue weighted by Crippen LogP contribution is 2.21. The summed E-state index contributed by atoms with van der Waals surface area (Å²) in [4.78, 5) is 1.17. The molecule has 0 amide bonds. The molecular weight excluding hydrogens is 316 g/mol. The number of nitrogens with zero attached hydrogens (tertiary/aromatic N) is 2. The molecule has 0 fully saturated rings. The number of benzene rings is 2. The zero-order valence-corrected chi connectivity index (χ0v) is 14.0. The Kier molecular flexibility index (Phi) is 5.24. The van der Waals surface area contributed by atoms with Crippen molar-refractivity contribution >= 4 is 21.8 Å². The van der Waals surface area contributed by atoms with Gasteiger partial charge in [-0.1, -0.05) is 24.3 Å². The summed E-state index contributed by atoms with van der Waals surface area (Å²) in [7, 11) is -2.17. The number of rotatable bonds is 5. The topological polar surface area (TPSA) is 61.2 Å². The second-order valence-electron chi connectivity index (χ2n) is 4.72. The monoisotopic (exact) mass is 332 g/mol. The molecule has 22 heavy (non-hydrogen) atoms. The summed E-state index contributed by atoms with van der Waals surface area (Å²) >= 11 is 1.64. The quantitative estimate of drug-likeness (QED) is 0.789. The zero-order chi connectivity index (χ0) is 16.2. The van der Waals surface area contributed by atoms with E-state index in [2.05, 4.69) is 0 Å². The van der Waals surface area contributed by atoms with Crippen molar-refractivity contribution in [1.82, 2.24) is 4.31 Å². The summed E-state index contributed by atoms with van der Waals surface area (Å²) in [6, 6.07) is 15.9. The molecule has 4 nitrogen and oxygen atoms in total. The van der Waals surface area contributed by atoms with Gasteiger partial charge in [0.15, 0.2) is 0 Å². The van der Waals surface area contributed by atoms with Crippen molar-refractivity contribution in [2.24, 2.45) is 0 Å². The van der Waals surface area contributed by atoms with Crippen LogP contribution in [0.3, 0.4) is 0 Å². The molecule has 0 saturated carbocycles. The van der Waals surface area contributed by atoms with Crippen molar-refractivity contribution in [3.63, 3.8) is 0 Å². The summed E-state index contributed by atoms with van der Waals surface area (Å²) in [5, 5.41) is 9.08. The maximum atomic E-state index is 12.6. The van der Waals surface area contributed by atoms with E-state index >= 15 is 0 Å². The van der Waals surface area contributed by atoms with Crippen molar-refractivity contribution < 1.29 is 8.42 Å². The third kappa shape index (κ3) is 3.50. The largest absolute Gasteiger partial charge is 0.244 e. The number of sulfonamides is 1. The molecule has 0 aliphatic rings. The molecule has 0 saturated heterocycles. The average Bonchev–Trinajstić information content (AvgIpc) is 2.55. The molecule has 6 heteroatoms. The van der Waals surface area contributed by atoms with Crippen LogP contribution in [0.25, 0.3) is 0 Å². The normalized spacial score (nSPS) is 11.4. The van der Waals surface area contributed by atoms with E-state index in [0.717, 1.165) is 10.5 Å². The van der Waals surface area contributed by atoms with Crippen molar-refractivity contribution in [3.8, 4) is 6.07 Å². The van der Waals surface area contributed by atoms with E-state index in [1.165, 1.54) is 23.5 Å². The Labute approximate surface area is 135 Å². The Balaban J connectivity index is 2.27. The van der Waals surface area contributed by atoms with E-state index in [1.54, 1.807) is 23.9 Å².